The van der Waals surface area contributed by atoms with Gasteiger partial charge in [0.05, 0.1) is 28.8 Å². The standard InChI is InChI=1S/C25H35FN8O3S/c1-15(2)34-19-10-22(28-11-18(19)23(31-34)33-12-17(16(33)3)14-38(5,36)37)29-21-6-8-27-24(30-21)32-9-7-25(4,35)20(26)13-32/h6,8,10-11,15-17,20,35H,7,9,12-14H2,1-5H3,(H,27,28,29,30)/t16-,17-,20-,25+/m1/s1. The van der Waals surface area contributed by atoms with Crippen molar-refractivity contribution in [2.75, 3.05) is 46.8 Å². The monoisotopic (exact) mass is 546 g/mol. The van der Waals surface area contributed by atoms with E-state index in [-0.39, 0.29) is 30.3 Å². The first-order chi connectivity index (χ1) is 17.8. The first kappa shape index (κ1) is 26.5. The summed E-state index contributed by atoms with van der Waals surface area (Å²) in [6.07, 6.45) is 3.57. The summed E-state index contributed by atoms with van der Waals surface area (Å²) in [5.74, 6) is 2.53. The molecule has 5 rings (SSSR count). The lowest BCUT2D eigenvalue weighted by Crippen LogP contribution is -2.57. The van der Waals surface area contributed by atoms with Crippen molar-refractivity contribution in [2.24, 2.45) is 5.92 Å². The summed E-state index contributed by atoms with van der Waals surface area (Å²) >= 11 is 0. The number of alkyl halides is 1. The Bertz CT molecular complexity index is 1440. The van der Waals surface area contributed by atoms with E-state index in [4.69, 9.17) is 5.10 Å². The average Bonchev–Trinajstić information content (AvgIpc) is 3.21. The van der Waals surface area contributed by atoms with Crippen LogP contribution in [0.5, 0.6) is 0 Å². The molecule has 3 aromatic rings. The van der Waals surface area contributed by atoms with E-state index < -0.39 is 21.6 Å². The molecule has 2 aliphatic heterocycles. The van der Waals surface area contributed by atoms with E-state index in [1.54, 1.807) is 23.4 Å². The summed E-state index contributed by atoms with van der Waals surface area (Å²) in [5, 5.41) is 19.1. The highest BCUT2D eigenvalue weighted by Gasteiger charge is 2.40. The van der Waals surface area contributed by atoms with Crippen molar-refractivity contribution >= 4 is 44.1 Å². The van der Waals surface area contributed by atoms with Crippen molar-refractivity contribution < 1.29 is 17.9 Å². The van der Waals surface area contributed by atoms with Gasteiger partial charge in [0.1, 0.15) is 27.6 Å². The Hall–Kier alpha value is -3.06. The van der Waals surface area contributed by atoms with Crippen LogP contribution < -0.4 is 15.1 Å². The molecule has 5 heterocycles. The summed E-state index contributed by atoms with van der Waals surface area (Å²) in [7, 11) is -3.04. The normalized spacial score (nSPS) is 26.2. The quantitative estimate of drug-likeness (QED) is 0.456. The van der Waals surface area contributed by atoms with Crippen LogP contribution in [0, 0.1) is 5.92 Å². The van der Waals surface area contributed by atoms with Crippen LogP contribution in [0.1, 0.15) is 40.2 Å². The molecule has 0 radical (unpaired) electrons. The summed E-state index contributed by atoms with van der Waals surface area (Å²) in [4.78, 5) is 17.3. The number of hydrogen-bond acceptors (Lipinski definition) is 10. The van der Waals surface area contributed by atoms with Gasteiger partial charge >= 0.3 is 0 Å². The lowest BCUT2D eigenvalue weighted by atomic mass is 9.91. The van der Waals surface area contributed by atoms with Gasteiger partial charge in [-0.3, -0.25) is 4.68 Å². The zero-order valence-electron chi connectivity index (χ0n) is 22.3. The molecule has 0 unspecified atom stereocenters. The summed E-state index contributed by atoms with van der Waals surface area (Å²) in [6, 6.07) is 3.79. The molecule has 0 amide bonds. The fourth-order valence-corrected chi connectivity index (χ4v) is 6.28. The van der Waals surface area contributed by atoms with Gasteiger partial charge < -0.3 is 20.2 Å². The number of anilines is 4. The minimum Gasteiger partial charge on any atom is -0.387 e. The molecular formula is C25H35FN8O3S. The minimum absolute atomic E-state index is 0.0248. The molecule has 2 N–H and O–H groups in total. The molecule has 2 fully saturated rings. The number of fused-ring (bicyclic) bond motifs is 1. The number of nitrogens with zero attached hydrogens (tertiary/aromatic N) is 7. The number of aromatic nitrogens is 5. The number of rotatable bonds is 7. The second-order valence-corrected chi connectivity index (χ2v) is 13.3. The molecule has 206 valence electrons. The number of sulfone groups is 1. The van der Waals surface area contributed by atoms with Gasteiger partial charge in [-0.1, -0.05) is 0 Å². The number of aliphatic hydroxyl groups is 1. The van der Waals surface area contributed by atoms with Crippen LogP contribution in [0.25, 0.3) is 10.9 Å². The highest BCUT2D eigenvalue weighted by atomic mass is 32.2. The maximum atomic E-state index is 14.4. The van der Waals surface area contributed by atoms with Crippen LogP contribution in [0.4, 0.5) is 27.8 Å². The molecule has 2 saturated heterocycles. The summed E-state index contributed by atoms with van der Waals surface area (Å²) in [5.41, 5.74) is -0.439. The zero-order valence-corrected chi connectivity index (χ0v) is 23.2. The number of nitrogens with one attached hydrogen (secondary N) is 1. The Morgan fingerprint density at radius 2 is 2.03 bits per heavy atom. The number of hydrogen-bond donors (Lipinski definition) is 2. The lowest BCUT2D eigenvalue weighted by molar-refractivity contribution is -0.0332. The Morgan fingerprint density at radius 3 is 2.68 bits per heavy atom. The third-order valence-corrected chi connectivity index (χ3v) is 8.61. The smallest absolute Gasteiger partial charge is 0.227 e. The fraction of sp³-hybridized carbons (Fsp3) is 0.600. The van der Waals surface area contributed by atoms with Crippen molar-refractivity contribution in [1.29, 1.82) is 0 Å². The van der Waals surface area contributed by atoms with E-state index in [2.05, 4.69) is 39.0 Å². The zero-order chi connectivity index (χ0) is 27.4. The van der Waals surface area contributed by atoms with Crippen LogP contribution in [-0.4, -0.2) is 87.7 Å². The Morgan fingerprint density at radius 1 is 1.26 bits per heavy atom. The van der Waals surface area contributed by atoms with Gasteiger partial charge in [0.15, 0.2) is 5.82 Å². The maximum Gasteiger partial charge on any atom is 0.227 e. The largest absolute Gasteiger partial charge is 0.387 e. The highest BCUT2D eigenvalue weighted by molar-refractivity contribution is 7.90. The topological polar surface area (TPSA) is 129 Å². The SMILES string of the molecule is CC(C)n1nc(N2C[C@H](CS(C)(=O)=O)[C@H]2C)c2cnc(Nc3ccnc(N4CC[C@](C)(O)[C@H](F)C4)n3)cc21. The van der Waals surface area contributed by atoms with E-state index in [9.17, 15) is 17.9 Å². The van der Waals surface area contributed by atoms with Gasteiger partial charge in [0.25, 0.3) is 0 Å². The first-order valence-corrected chi connectivity index (χ1v) is 14.9. The van der Waals surface area contributed by atoms with Crippen molar-refractivity contribution in [2.45, 2.75) is 58.0 Å². The van der Waals surface area contributed by atoms with E-state index in [0.717, 1.165) is 16.7 Å². The van der Waals surface area contributed by atoms with Gasteiger partial charge in [-0.2, -0.15) is 10.1 Å². The van der Waals surface area contributed by atoms with Gasteiger partial charge in [0, 0.05) is 55.8 Å². The number of pyridine rings is 1. The lowest BCUT2D eigenvalue weighted by Gasteiger charge is -2.46. The third-order valence-electron chi connectivity index (χ3n) is 7.58. The van der Waals surface area contributed by atoms with Crippen molar-refractivity contribution in [3.8, 4) is 0 Å². The molecule has 0 bridgehead atoms. The van der Waals surface area contributed by atoms with Gasteiger partial charge in [-0.25, -0.2) is 22.8 Å². The molecule has 11 nitrogen and oxygen atoms in total. The van der Waals surface area contributed by atoms with Crippen molar-refractivity contribution in [3.05, 3.63) is 24.5 Å². The minimum atomic E-state index is -3.04. The van der Waals surface area contributed by atoms with E-state index in [1.807, 2.05) is 17.7 Å². The van der Waals surface area contributed by atoms with Crippen molar-refractivity contribution in [1.82, 2.24) is 24.7 Å². The molecular weight excluding hydrogens is 511 g/mol. The first-order valence-electron chi connectivity index (χ1n) is 12.9. The second-order valence-electron chi connectivity index (χ2n) is 11.1. The van der Waals surface area contributed by atoms with Gasteiger partial charge in [-0.05, 0) is 40.2 Å². The molecule has 4 atom stereocenters. The third kappa shape index (κ3) is 5.13. The van der Waals surface area contributed by atoms with E-state index in [0.29, 0.717) is 37.1 Å². The predicted octanol–water partition coefficient (Wildman–Crippen LogP) is 2.71. The second kappa shape index (κ2) is 9.60. The van der Waals surface area contributed by atoms with Crippen molar-refractivity contribution in [3.63, 3.8) is 0 Å². The van der Waals surface area contributed by atoms with Crippen LogP contribution in [0.2, 0.25) is 0 Å². The van der Waals surface area contributed by atoms with Crippen LogP contribution in [-0.2, 0) is 9.84 Å². The van der Waals surface area contributed by atoms with E-state index in [1.165, 1.54) is 13.2 Å². The molecule has 13 heteroatoms. The predicted molar refractivity (Wildman–Crippen MR) is 146 cm³/mol. The van der Waals surface area contributed by atoms with Gasteiger partial charge in [-0.15, -0.1) is 0 Å². The number of halogens is 1. The van der Waals surface area contributed by atoms with Crippen LogP contribution in [0.15, 0.2) is 24.5 Å². The molecule has 0 aromatic carbocycles. The van der Waals surface area contributed by atoms with Crippen LogP contribution >= 0.6 is 0 Å². The summed E-state index contributed by atoms with van der Waals surface area (Å²) < 4.78 is 39.9. The number of piperidine rings is 1. The van der Waals surface area contributed by atoms with Crippen LogP contribution in [0.3, 0.4) is 0 Å². The maximum absolute atomic E-state index is 14.4. The van der Waals surface area contributed by atoms with Gasteiger partial charge in [0.2, 0.25) is 5.95 Å². The molecule has 0 saturated carbocycles. The molecule has 3 aromatic heterocycles. The Balaban J connectivity index is 1.38. The molecule has 2 aliphatic rings. The highest BCUT2D eigenvalue weighted by Crippen LogP contribution is 2.37. The average molecular weight is 547 g/mol. The molecule has 0 aliphatic carbocycles. The fourth-order valence-electron chi connectivity index (χ4n) is 5.12. The molecule has 38 heavy (non-hydrogen) atoms. The Labute approximate surface area is 222 Å². The molecule has 0 spiro atoms. The Kier molecular flexibility index (Phi) is 6.70. The van der Waals surface area contributed by atoms with E-state index >= 15 is 0 Å². The summed E-state index contributed by atoms with van der Waals surface area (Å²) in [6.45, 7) is 8.77.